The Morgan fingerprint density at radius 3 is 2.63 bits per heavy atom. The monoisotopic (exact) mass is 362 g/mol. The number of nitrogens with zero attached hydrogens (tertiary/aromatic N) is 2. The van der Waals surface area contributed by atoms with Gasteiger partial charge in [-0.15, -0.1) is 0 Å². The second kappa shape index (κ2) is 6.16. The first kappa shape index (κ1) is 14.7. The maximum absolute atomic E-state index is 13.2. The number of hydrogen-bond acceptors (Lipinski definition) is 2. The third-order valence-corrected chi connectivity index (χ3v) is 4.17. The minimum Gasteiger partial charge on any atom is -0.232 e. The summed E-state index contributed by atoms with van der Waals surface area (Å²) in [7, 11) is 0. The van der Waals surface area contributed by atoms with Gasteiger partial charge in [0, 0.05) is 5.56 Å². The van der Waals surface area contributed by atoms with E-state index in [4.69, 9.17) is 23.2 Å². The van der Waals surface area contributed by atoms with Crippen LogP contribution in [-0.4, -0.2) is 9.97 Å². The summed E-state index contributed by atoms with van der Waals surface area (Å²) in [4.78, 5) is 8.62. The van der Waals surface area contributed by atoms with Crippen LogP contribution in [0.4, 0.5) is 4.39 Å². The second-order valence-electron chi connectivity index (χ2n) is 3.98. The van der Waals surface area contributed by atoms with E-state index in [9.17, 15) is 4.39 Å². The zero-order chi connectivity index (χ0) is 14.0. The molecule has 1 aromatic carbocycles. The molecule has 0 bridgehead atoms. The largest absolute Gasteiger partial charge is 0.232 e. The summed E-state index contributed by atoms with van der Waals surface area (Å²) in [6.07, 6.45) is 1.72. The highest BCUT2D eigenvalue weighted by Crippen LogP contribution is 2.29. The molecule has 0 unspecified atom stereocenters. The Labute approximate surface area is 129 Å². The summed E-state index contributed by atoms with van der Waals surface area (Å²) in [5, 5.41) is 0.381. The Kier molecular flexibility index (Phi) is 4.76. The van der Waals surface area contributed by atoms with Crippen molar-refractivity contribution in [3.05, 3.63) is 44.4 Å². The van der Waals surface area contributed by atoms with E-state index in [0.717, 1.165) is 18.5 Å². The third-order valence-electron chi connectivity index (χ3n) is 2.54. The number of benzene rings is 1. The third kappa shape index (κ3) is 3.25. The quantitative estimate of drug-likeness (QED) is 0.691. The molecule has 2 nitrogen and oxygen atoms in total. The zero-order valence-corrected chi connectivity index (χ0v) is 13.2. The molecule has 0 saturated carbocycles. The first-order chi connectivity index (χ1) is 9.02. The molecule has 0 saturated heterocycles. The maximum Gasteiger partial charge on any atom is 0.161 e. The maximum atomic E-state index is 13.2. The van der Waals surface area contributed by atoms with Gasteiger partial charge in [-0.3, -0.25) is 0 Å². The molecule has 0 N–H and O–H groups in total. The van der Waals surface area contributed by atoms with E-state index in [1.165, 1.54) is 12.1 Å². The van der Waals surface area contributed by atoms with Crippen LogP contribution in [0.25, 0.3) is 11.4 Å². The van der Waals surface area contributed by atoms with Gasteiger partial charge in [0.25, 0.3) is 0 Å². The fourth-order valence-electron chi connectivity index (χ4n) is 1.63. The minimum atomic E-state index is -0.470. The van der Waals surface area contributed by atoms with Crippen molar-refractivity contribution in [2.45, 2.75) is 19.8 Å². The normalized spacial score (nSPS) is 10.8. The molecule has 1 heterocycles. The van der Waals surface area contributed by atoms with Gasteiger partial charge in [0.1, 0.15) is 11.0 Å². The highest BCUT2D eigenvalue weighted by atomic mass is 79.9. The molecule has 2 rings (SSSR count). The molecule has 0 aliphatic rings. The molecular formula is C13H10BrCl2FN2. The Morgan fingerprint density at radius 2 is 2.00 bits per heavy atom. The lowest BCUT2D eigenvalue weighted by atomic mass is 10.2. The van der Waals surface area contributed by atoms with Gasteiger partial charge in [-0.25, -0.2) is 14.4 Å². The lowest BCUT2D eigenvalue weighted by Gasteiger charge is -2.08. The first-order valence-electron chi connectivity index (χ1n) is 5.70. The number of aromatic nitrogens is 2. The molecule has 0 amide bonds. The van der Waals surface area contributed by atoms with Crippen molar-refractivity contribution in [1.82, 2.24) is 9.97 Å². The highest BCUT2D eigenvalue weighted by Gasteiger charge is 2.12. The van der Waals surface area contributed by atoms with Crippen molar-refractivity contribution < 1.29 is 4.39 Å². The zero-order valence-electron chi connectivity index (χ0n) is 10.1. The van der Waals surface area contributed by atoms with Gasteiger partial charge >= 0.3 is 0 Å². The van der Waals surface area contributed by atoms with Crippen LogP contribution in [-0.2, 0) is 6.42 Å². The van der Waals surface area contributed by atoms with Crippen LogP contribution in [0, 0.1) is 5.82 Å². The molecule has 0 aliphatic carbocycles. The van der Waals surface area contributed by atoms with Gasteiger partial charge in [0.15, 0.2) is 5.82 Å². The van der Waals surface area contributed by atoms with E-state index in [2.05, 4.69) is 32.8 Å². The molecule has 19 heavy (non-hydrogen) atoms. The molecular weight excluding hydrogens is 354 g/mol. The van der Waals surface area contributed by atoms with E-state index in [1.54, 1.807) is 6.07 Å². The molecule has 6 heteroatoms. The van der Waals surface area contributed by atoms with Crippen molar-refractivity contribution >= 4 is 39.1 Å². The van der Waals surface area contributed by atoms with Crippen molar-refractivity contribution in [3.63, 3.8) is 0 Å². The summed E-state index contributed by atoms with van der Waals surface area (Å²) in [6, 6.07) is 4.36. The predicted octanol–water partition coefficient (Wildman–Crippen LogP) is 5.30. The van der Waals surface area contributed by atoms with Crippen LogP contribution in [0.3, 0.4) is 0 Å². The number of halogens is 4. The summed E-state index contributed by atoms with van der Waals surface area (Å²) >= 11 is 15.2. The van der Waals surface area contributed by atoms with E-state index in [0.29, 0.717) is 21.0 Å². The average molecular weight is 364 g/mol. The summed E-state index contributed by atoms with van der Waals surface area (Å²) < 4.78 is 13.9. The van der Waals surface area contributed by atoms with Crippen LogP contribution in [0.1, 0.15) is 19.0 Å². The van der Waals surface area contributed by atoms with Crippen LogP contribution in [0.2, 0.25) is 10.2 Å². The van der Waals surface area contributed by atoms with Gasteiger partial charge < -0.3 is 0 Å². The average Bonchev–Trinajstić information content (AvgIpc) is 2.38. The van der Waals surface area contributed by atoms with E-state index >= 15 is 0 Å². The van der Waals surface area contributed by atoms with Gasteiger partial charge in [0.2, 0.25) is 0 Å². The minimum absolute atomic E-state index is 0.0391. The van der Waals surface area contributed by atoms with Crippen LogP contribution in [0.15, 0.2) is 22.7 Å². The van der Waals surface area contributed by atoms with Crippen molar-refractivity contribution in [3.8, 4) is 11.4 Å². The van der Waals surface area contributed by atoms with Gasteiger partial charge in [0.05, 0.1) is 15.2 Å². The molecule has 0 aliphatic heterocycles. The number of aryl methyl sites for hydroxylation is 1. The molecule has 0 atom stereocenters. The fourth-order valence-corrected chi connectivity index (χ4v) is 2.38. The Bertz CT molecular complexity index is 620. The van der Waals surface area contributed by atoms with Crippen LogP contribution >= 0.6 is 39.1 Å². The molecule has 0 radical (unpaired) electrons. The van der Waals surface area contributed by atoms with Crippen LogP contribution in [0.5, 0.6) is 0 Å². The van der Waals surface area contributed by atoms with Crippen molar-refractivity contribution in [1.29, 1.82) is 0 Å². The van der Waals surface area contributed by atoms with Gasteiger partial charge in [-0.05, 0) is 40.5 Å². The van der Waals surface area contributed by atoms with Gasteiger partial charge in [-0.1, -0.05) is 36.5 Å². The van der Waals surface area contributed by atoms with Crippen LogP contribution < -0.4 is 0 Å². The molecule has 2 aromatic rings. The summed E-state index contributed by atoms with van der Waals surface area (Å²) in [5.74, 6) is -0.0269. The predicted molar refractivity (Wildman–Crippen MR) is 79.1 cm³/mol. The summed E-state index contributed by atoms with van der Waals surface area (Å²) in [5.41, 5.74) is 1.47. The molecule has 0 fully saturated rings. The summed E-state index contributed by atoms with van der Waals surface area (Å²) in [6.45, 7) is 2.05. The van der Waals surface area contributed by atoms with E-state index in [-0.39, 0.29) is 5.02 Å². The molecule has 100 valence electrons. The Balaban J connectivity index is 2.52. The standard InChI is InChI=1S/C13H10BrCl2FN2/c1-2-3-10-11(14)12(16)19-13(18-10)7-4-5-9(17)8(15)6-7/h4-6H,2-3H2,1H3. The van der Waals surface area contributed by atoms with Crippen molar-refractivity contribution in [2.24, 2.45) is 0 Å². The topological polar surface area (TPSA) is 25.8 Å². The van der Waals surface area contributed by atoms with Gasteiger partial charge in [-0.2, -0.15) is 0 Å². The van der Waals surface area contributed by atoms with E-state index in [1.807, 2.05) is 0 Å². The highest BCUT2D eigenvalue weighted by molar-refractivity contribution is 9.10. The first-order valence-corrected chi connectivity index (χ1v) is 7.25. The van der Waals surface area contributed by atoms with Crippen molar-refractivity contribution in [2.75, 3.05) is 0 Å². The fraction of sp³-hybridized carbons (Fsp3) is 0.231. The SMILES string of the molecule is CCCc1nc(-c2ccc(F)c(Cl)c2)nc(Cl)c1Br. The Hall–Kier alpha value is -0.710. The lowest BCUT2D eigenvalue weighted by molar-refractivity contribution is 0.628. The number of rotatable bonds is 3. The molecule has 1 aromatic heterocycles. The number of hydrogen-bond donors (Lipinski definition) is 0. The smallest absolute Gasteiger partial charge is 0.161 e. The molecule has 0 spiro atoms. The van der Waals surface area contributed by atoms with E-state index < -0.39 is 5.82 Å². The second-order valence-corrected chi connectivity index (χ2v) is 5.54. The Morgan fingerprint density at radius 1 is 1.26 bits per heavy atom. The lowest BCUT2D eigenvalue weighted by Crippen LogP contribution is -1.98.